The van der Waals surface area contributed by atoms with Gasteiger partial charge in [0.05, 0.1) is 6.04 Å². The number of piperidine rings is 1. The quantitative estimate of drug-likeness (QED) is 0.845. The fourth-order valence-electron chi connectivity index (χ4n) is 4.26. The normalized spacial score (nSPS) is 24.6. The van der Waals surface area contributed by atoms with Crippen molar-refractivity contribution in [3.05, 3.63) is 35.6 Å². The van der Waals surface area contributed by atoms with Gasteiger partial charge in [0.1, 0.15) is 5.82 Å². The van der Waals surface area contributed by atoms with Crippen LogP contribution in [-0.2, 0) is 9.59 Å². The van der Waals surface area contributed by atoms with Crippen LogP contribution < -0.4 is 0 Å². The van der Waals surface area contributed by atoms with Crippen molar-refractivity contribution in [1.29, 1.82) is 0 Å². The summed E-state index contributed by atoms with van der Waals surface area (Å²) in [6.07, 6.45) is 5.43. The van der Waals surface area contributed by atoms with Crippen LogP contribution in [0.2, 0.25) is 0 Å². The molecule has 2 aliphatic heterocycles. The SMILES string of the molecule is O=C(C1CC1)N1CCC(C(=O)N2CCC[C@@H]2c2cccc(F)c2)CC1. The van der Waals surface area contributed by atoms with Crippen molar-refractivity contribution in [3.8, 4) is 0 Å². The topological polar surface area (TPSA) is 40.6 Å². The van der Waals surface area contributed by atoms with Crippen LogP contribution in [0.5, 0.6) is 0 Å². The van der Waals surface area contributed by atoms with Gasteiger partial charge in [0.25, 0.3) is 0 Å². The second kappa shape index (κ2) is 6.77. The molecule has 2 heterocycles. The molecule has 1 aromatic carbocycles. The fraction of sp³-hybridized carbons (Fsp3) is 0.600. The molecule has 0 aromatic heterocycles. The fourth-order valence-corrected chi connectivity index (χ4v) is 4.26. The number of likely N-dealkylation sites (tertiary alicyclic amines) is 2. The van der Waals surface area contributed by atoms with Crippen LogP contribution in [0.15, 0.2) is 24.3 Å². The molecule has 1 saturated carbocycles. The van der Waals surface area contributed by atoms with Crippen LogP contribution in [0.1, 0.15) is 50.1 Å². The second-order valence-corrected chi connectivity index (χ2v) is 7.62. The number of hydrogen-bond donors (Lipinski definition) is 0. The molecule has 134 valence electrons. The van der Waals surface area contributed by atoms with Gasteiger partial charge in [-0.05, 0) is 56.2 Å². The number of rotatable bonds is 3. The lowest BCUT2D eigenvalue weighted by Crippen LogP contribution is -2.44. The molecule has 2 saturated heterocycles. The Kier molecular flexibility index (Phi) is 4.48. The molecule has 0 N–H and O–H groups in total. The first-order chi connectivity index (χ1) is 12.1. The summed E-state index contributed by atoms with van der Waals surface area (Å²) >= 11 is 0. The van der Waals surface area contributed by atoms with Gasteiger partial charge in [-0.15, -0.1) is 0 Å². The van der Waals surface area contributed by atoms with E-state index in [9.17, 15) is 14.0 Å². The summed E-state index contributed by atoms with van der Waals surface area (Å²) in [6.45, 7) is 2.15. The Hall–Kier alpha value is -1.91. The number of carbonyl (C=O) groups excluding carboxylic acids is 2. The minimum Gasteiger partial charge on any atom is -0.342 e. The first-order valence-corrected chi connectivity index (χ1v) is 9.48. The van der Waals surface area contributed by atoms with Crippen molar-refractivity contribution >= 4 is 11.8 Å². The van der Waals surface area contributed by atoms with E-state index in [1.54, 1.807) is 12.1 Å². The van der Waals surface area contributed by atoms with E-state index in [1.165, 1.54) is 6.07 Å². The highest BCUT2D eigenvalue weighted by Gasteiger charge is 2.38. The first kappa shape index (κ1) is 16.6. The van der Waals surface area contributed by atoms with Crippen LogP contribution in [0, 0.1) is 17.7 Å². The molecule has 25 heavy (non-hydrogen) atoms. The third kappa shape index (κ3) is 3.42. The summed E-state index contributed by atoms with van der Waals surface area (Å²) < 4.78 is 13.6. The smallest absolute Gasteiger partial charge is 0.226 e. The van der Waals surface area contributed by atoms with Gasteiger partial charge in [0, 0.05) is 31.5 Å². The van der Waals surface area contributed by atoms with Gasteiger partial charge < -0.3 is 9.80 Å². The molecule has 0 bridgehead atoms. The van der Waals surface area contributed by atoms with E-state index in [0.717, 1.165) is 50.6 Å². The lowest BCUT2D eigenvalue weighted by molar-refractivity contribution is -0.142. The molecule has 5 heteroatoms. The number of carbonyl (C=O) groups is 2. The lowest BCUT2D eigenvalue weighted by atomic mass is 9.94. The molecule has 1 aliphatic carbocycles. The van der Waals surface area contributed by atoms with E-state index in [4.69, 9.17) is 0 Å². The van der Waals surface area contributed by atoms with E-state index in [0.29, 0.717) is 13.1 Å². The van der Waals surface area contributed by atoms with E-state index in [2.05, 4.69) is 0 Å². The zero-order valence-electron chi connectivity index (χ0n) is 14.5. The molecule has 4 nitrogen and oxygen atoms in total. The Morgan fingerprint density at radius 1 is 0.920 bits per heavy atom. The molecule has 0 spiro atoms. The lowest BCUT2D eigenvalue weighted by Gasteiger charge is -2.35. The zero-order chi connectivity index (χ0) is 17.4. The van der Waals surface area contributed by atoms with Crippen LogP contribution >= 0.6 is 0 Å². The van der Waals surface area contributed by atoms with E-state index in [-0.39, 0.29) is 35.5 Å². The van der Waals surface area contributed by atoms with Crippen molar-refractivity contribution in [2.24, 2.45) is 11.8 Å². The van der Waals surface area contributed by atoms with Gasteiger partial charge in [-0.2, -0.15) is 0 Å². The summed E-state index contributed by atoms with van der Waals surface area (Å²) in [7, 11) is 0. The minimum absolute atomic E-state index is 0.00240. The second-order valence-electron chi connectivity index (χ2n) is 7.62. The summed E-state index contributed by atoms with van der Waals surface area (Å²) in [5.74, 6) is 0.472. The van der Waals surface area contributed by atoms with Crippen molar-refractivity contribution in [1.82, 2.24) is 9.80 Å². The molecule has 4 rings (SSSR count). The Morgan fingerprint density at radius 2 is 1.64 bits per heavy atom. The van der Waals surface area contributed by atoms with Crippen molar-refractivity contribution in [2.75, 3.05) is 19.6 Å². The predicted octanol–water partition coefficient (Wildman–Crippen LogP) is 3.14. The summed E-state index contributed by atoms with van der Waals surface area (Å²) in [5, 5.41) is 0. The average Bonchev–Trinajstić information content (AvgIpc) is 3.37. The van der Waals surface area contributed by atoms with E-state index < -0.39 is 0 Å². The third-order valence-electron chi connectivity index (χ3n) is 5.85. The Morgan fingerprint density at radius 3 is 2.32 bits per heavy atom. The highest BCUT2D eigenvalue weighted by Crippen LogP contribution is 2.36. The summed E-state index contributed by atoms with van der Waals surface area (Å²) in [4.78, 5) is 29.1. The van der Waals surface area contributed by atoms with Crippen LogP contribution in [0.25, 0.3) is 0 Å². The molecular formula is C20H25FN2O2. The maximum Gasteiger partial charge on any atom is 0.226 e. The molecule has 0 radical (unpaired) electrons. The first-order valence-electron chi connectivity index (χ1n) is 9.48. The number of nitrogens with zero attached hydrogens (tertiary/aromatic N) is 2. The molecule has 2 amide bonds. The predicted molar refractivity (Wildman–Crippen MR) is 92.1 cm³/mol. The van der Waals surface area contributed by atoms with Crippen LogP contribution in [0.4, 0.5) is 4.39 Å². The van der Waals surface area contributed by atoms with Gasteiger partial charge >= 0.3 is 0 Å². The molecule has 1 atom stereocenters. The summed E-state index contributed by atoms with van der Waals surface area (Å²) in [5.41, 5.74) is 0.896. The Bertz CT molecular complexity index is 665. The van der Waals surface area contributed by atoms with Gasteiger partial charge in [-0.3, -0.25) is 9.59 Å². The Balaban J connectivity index is 1.39. The van der Waals surface area contributed by atoms with Crippen LogP contribution in [-0.4, -0.2) is 41.2 Å². The molecule has 3 aliphatic rings. The van der Waals surface area contributed by atoms with Gasteiger partial charge in [0.2, 0.25) is 11.8 Å². The zero-order valence-corrected chi connectivity index (χ0v) is 14.5. The third-order valence-corrected chi connectivity index (χ3v) is 5.85. The molecular weight excluding hydrogens is 319 g/mol. The average molecular weight is 344 g/mol. The largest absolute Gasteiger partial charge is 0.342 e. The Labute approximate surface area is 148 Å². The highest BCUT2D eigenvalue weighted by atomic mass is 19.1. The standard InChI is InChI=1S/C20H25FN2O2/c21-17-4-1-3-16(13-17)18-5-2-10-23(18)20(25)15-8-11-22(12-9-15)19(24)14-6-7-14/h1,3-4,13-15,18H,2,5-12H2/t18-/m1/s1. The maximum atomic E-state index is 13.6. The van der Waals surface area contributed by atoms with Crippen LogP contribution in [0.3, 0.4) is 0 Å². The molecule has 0 unspecified atom stereocenters. The highest BCUT2D eigenvalue weighted by molar-refractivity contribution is 5.82. The number of benzene rings is 1. The number of halogens is 1. The minimum atomic E-state index is -0.247. The molecule has 1 aromatic rings. The number of amides is 2. The van der Waals surface area contributed by atoms with Gasteiger partial charge in [-0.25, -0.2) is 4.39 Å². The van der Waals surface area contributed by atoms with Crippen molar-refractivity contribution < 1.29 is 14.0 Å². The van der Waals surface area contributed by atoms with E-state index >= 15 is 0 Å². The summed E-state index contributed by atoms with van der Waals surface area (Å²) in [6, 6.07) is 6.61. The monoisotopic (exact) mass is 344 g/mol. The van der Waals surface area contributed by atoms with Crippen molar-refractivity contribution in [3.63, 3.8) is 0 Å². The molecule has 3 fully saturated rings. The maximum absolute atomic E-state index is 13.6. The van der Waals surface area contributed by atoms with Gasteiger partial charge in [-0.1, -0.05) is 12.1 Å². The van der Waals surface area contributed by atoms with Gasteiger partial charge in [0.15, 0.2) is 0 Å². The number of hydrogen-bond acceptors (Lipinski definition) is 2. The van der Waals surface area contributed by atoms with E-state index in [1.807, 2.05) is 15.9 Å². The van der Waals surface area contributed by atoms with Crippen molar-refractivity contribution in [2.45, 2.75) is 44.6 Å².